The Morgan fingerprint density at radius 3 is 2.50 bits per heavy atom. The van der Waals surface area contributed by atoms with Gasteiger partial charge in [-0.1, -0.05) is 5.92 Å². The molecule has 1 amide bonds. The lowest BCUT2D eigenvalue weighted by Gasteiger charge is -2.14. The van der Waals surface area contributed by atoms with Gasteiger partial charge in [0.05, 0.1) is 23.1 Å². The molecule has 3 aromatic rings. The van der Waals surface area contributed by atoms with Crippen molar-refractivity contribution in [1.29, 1.82) is 10.8 Å². The maximum Gasteiger partial charge on any atom is 0.242 e. The van der Waals surface area contributed by atoms with Crippen molar-refractivity contribution in [3.8, 4) is 23.1 Å². The molecule has 1 aromatic carbocycles. The highest BCUT2D eigenvalue weighted by atomic mass is 16.2. The van der Waals surface area contributed by atoms with Crippen LogP contribution in [-0.2, 0) is 4.79 Å². The molecule has 0 aliphatic carbocycles. The molecule has 0 saturated heterocycles. The minimum absolute atomic E-state index is 0.244. The second-order valence-electron chi connectivity index (χ2n) is 7.89. The summed E-state index contributed by atoms with van der Waals surface area (Å²) in [4.78, 5) is 25.7. The summed E-state index contributed by atoms with van der Waals surface area (Å²) in [6, 6.07) is 8.60. The number of amides is 1. The predicted molar refractivity (Wildman–Crippen MR) is 144 cm³/mol. The van der Waals surface area contributed by atoms with Crippen LogP contribution >= 0.6 is 0 Å². The van der Waals surface area contributed by atoms with E-state index in [1.54, 1.807) is 47.1 Å². The molecule has 6 N–H and O–H groups in total. The van der Waals surface area contributed by atoms with Crippen molar-refractivity contribution in [2.24, 2.45) is 0 Å². The Labute approximate surface area is 210 Å². The Hall–Kier alpha value is -4.62. The molecular weight excluding hydrogens is 454 g/mol. The third-order valence-corrected chi connectivity index (χ3v) is 5.44. The molecule has 36 heavy (non-hydrogen) atoms. The SMILES string of the molecule is CNc1ccc(C#Cc2cc(-c3ncnc(C(C)=N)c3NC)cc(NC(=O)C(C)NC)n2)cc1C=N. The first-order valence-corrected chi connectivity index (χ1v) is 11.2. The van der Waals surface area contributed by atoms with E-state index < -0.39 is 6.04 Å². The van der Waals surface area contributed by atoms with Crippen molar-refractivity contribution >= 4 is 35.0 Å². The summed E-state index contributed by atoms with van der Waals surface area (Å²) in [5.74, 6) is 6.23. The Morgan fingerprint density at radius 2 is 1.86 bits per heavy atom. The molecule has 3 rings (SSSR count). The van der Waals surface area contributed by atoms with E-state index in [2.05, 4.69) is 48.1 Å². The fourth-order valence-corrected chi connectivity index (χ4v) is 3.41. The first kappa shape index (κ1) is 26.0. The van der Waals surface area contributed by atoms with Crippen LogP contribution in [-0.4, -0.2) is 60.0 Å². The molecule has 1 atom stereocenters. The molecule has 0 fully saturated rings. The van der Waals surface area contributed by atoms with Gasteiger partial charge in [0.2, 0.25) is 5.91 Å². The van der Waals surface area contributed by atoms with E-state index >= 15 is 0 Å². The van der Waals surface area contributed by atoms with E-state index in [4.69, 9.17) is 10.8 Å². The monoisotopic (exact) mass is 483 g/mol. The summed E-state index contributed by atoms with van der Waals surface area (Å²) in [6.07, 6.45) is 2.67. The van der Waals surface area contributed by atoms with Crippen molar-refractivity contribution in [1.82, 2.24) is 20.3 Å². The number of hydrogen-bond donors (Lipinski definition) is 6. The molecule has 0 bridgehead atoms. The number of aromatic nitrogens is 3. The zero-order valence-electron chi connectivity index (χ0n) is 20.9. The van der Waals surface area contributed by atoms with Crippen LogP contribution in [0.2, 0.25) is 0 Å². The highest BCUT2D eigenvalue weighted by molar-refractivity contribution is 6.02. The molecule has 0 aliphatic rings. The highest BCUT2D eigenvalue weighted by Gasteiger charge is 2.17. The summed E-state index contributed by atoms with van der Waals surface area (Å²) in [6.45, 7) is 3.40. The number of nitrogens with one attached hydrogen (secondary N) is 6. The Bertz CT molecular complexity index is 1370. The minimum Gasteiger partial charge on any atom is -0.388 e. The Morgan fingerprint density at radius 1 is 1.08 bits per heavy atom. The average Bonchev–Trinajstić information content (AvgIpc) is 2.90. The quantitative estimate of drug-likeness (QED) is 0.213. The number of carbonyl (C=O) groups excluding carboxylic acids is 1. The van der Waals surface area contributed by atoms with Gasteiger partial charge in [0.15, 0.2) is 0 Å². The molecule has 2 heterocycles. The smallest absolute Gasteiger partial charge is 0.242 e. The van der Waals surface area contributed by atoms with Crippen LogP contribution in [0.15, 0.2) is 36.7 Å². The normalized spacial score (nSPS) is 11.0. The predicted octanol–water partition coefficient (Wildman–Crippen LogP) is 2.95. The highest BCUT2D eigenvalue weighted by Crippen LogP contribution is 2.29. The molecule has 0 saturated carbocycles. The summed E-state index contributed by atoms with van der Waals surface area (Å²) < 4.78 is 0. The van der Waals surface area contributed by atoms with Gasteiger partial charge in [-0.3, -0.25) is 4.79 Å². The van der Waals surface area contributed by atoms with Crippen LogP contribution in [0, 0.1) is 22.7 Å². The molecule has 0 radical (unpaired) electrons. The van der Waals surface area contributed by atoms with Gasteiger partial charge in [0, 0.05) is 42.7 Å². The van der Waals surface area contributed by atoms with E-state index in [0.717, 1.165) is 5.69 Å². The lowest BCUT2D eigenvalue weighted by molar-refractivity contribution is -0.117. The first-order valence-electron chi connectivity index (χ1n) is 11.2. The molecule has 184 valence electrons. The minimum atomic E-state index is -0.422. The first-order chi connectivity index (χ1) is 17.3. The van der Waals surface area contributed by atoms with Crippen LogP contribution in [0.5, 0.6) is 0 Å². The number of hydrogen-bond acceptors (Lipinski definition) is 9. The van der Waals surface area contributed by atoms with Crippen molar-refractivity contribution in [3.63, 3.8) is 0 Å². The lowest BCUT2D eigenvalue weighted by atomic mass is 10.1. The third-order valence-electron chi connectivity index (χ3n) is 5.44. The van der Waals surface area contributed by atoms with E-state index in [1.807, 2.05) is 18.2 Å². The van der Waals surface area contributed by atoms with Gasteiger partial charge >= 0.3 is 0 Å². The third kappa shape index (κ3) is 5.89. The van der Waals surface area contributed by atoms with Gasteiger partial charge in [-0.2, -0.15) is 0 Å². The van der Waals surface area contributed by atoms with Gasteiger partial charge in [0.1, 0.15) is 23.5 Å². The maximum absolute atomic E-state index is 12.5. The second-order valence-corrected chi connectivity index (χ2v) is 7.89. The summed E-state index contributed by atoms with van der Waals surface area (Å²) in [5.41, 5.74) is 5.26. The van der Waals surface area contributed by atoms with Crippen LogP contribution in [0.4, 0.5) is 17.2 Å². The van der Waals surface area contributed by atoms with E-state index in [9.17, 15) is 4.79 Å². The zero-order valence-corrected chi connectivity index (χ0v) is 20.9. The largest absolute Gasteiger partial charge is 0.388 e. The van der Waals surface area contributed by atoms with Crippen molar-refractivity contribution < 1.29 is 4.79 Å². The van der Waals surface area contributed by atoms with Gasteiger partial charge in [-0.05, 0) is 57.1 Å². The number of likely N-dealkylation sites (N-methyl/N-ethyl adjacent to an activating group) is 1. The Balaban J connectivity index is 2.14. The number of anilines is 3. The van der Waals surface area contributed by atoms with Crippen LogP contribution in [0.3, 0.4) is 0 Å². The lowest BCUT2D eigenvalue weighted by Crippen LogP contribution is -2.35. The van der Waals surface area contributed by atoms with Crippen molar-refractivity contribution in [2.45, 2.75) is 19.9 Å². The number of rotatable bonds is 8. The van der Waals surface area contributed by atoms with E-state index in [1.165, 1.54) is 12.5 Å². The molecule has 0 aliphatic heterocycles. The second kappa shape index (κ2) is 11.7. The Kier molecular flexibility index (Phi) is 8.43. The topological polar surface area (TPSA) is 152 Å². The van der Waals surface area contributed by atoms with Gasteiger partial charge < -0.3 is 32.1 Å². The van der Waals surface area contributed by atoms with Gasteiger partial charge in [-0.25, -0.2) is 15.0 Å². The summed E-state index contributed by atoms with van der Waals surface area (Å²) >= 11 is 0. The summed E-state index contributed by atoms with van der Waals surface area (Å²) in [5, 5.41) is 27.5. The molecule has 1 unspecified atom stereocenters. The summed E-state index contributed by atoms with van der Waals surface area (Å²) in [7, 11) is 5.24. The van der Waals surface area contributed by atoms with Crippen LogP contribution < -0.4 is 21.3 Å². The zero-order chi connectivity index (χ0) is 26.2. The standard InChI is InChI=1S/C26H29N9O/c1-15(28)23-25(31-5)24(33-14-32-23)18-11-20(34-22(12-18)35-26(36)16(2)29-3)8-6-17-7-9-21(30-4)19(10-17)13-27/h7,9-14,16,27-31H,1-5H3,(H,34,35,36). The van der Waals surface area contributed by atoms with Gasteiger partial charge in [0.25, 0.3) is 0 Å². The van der Waals surface area contributed by atoms with E-state index in [0.29, 0.717) is 51.0 Å². The van der Waals surface area contributed by atoms with Crippen molar-refractivity contribution in [2.75, 3.05) is 37.1 Å². The van der Waals surface area contributed by atoms with E-state index in [-0.39, 0.29) is 5.91 Å². The maximum atomic E-state index is 12.5. The number of benzene rings is 1. The molecule has 10 heteroatoms. The molecule has 2 aromatic heterocycles. The fraction of sp³-hybridized carbons (Fsp3) is 0.231. The average molecular weight is 484 g/mol. The van der Waals surface area contributed by atoms with Gasteiger partial charge in [-0.15, -0.1) is 0 Å². The molecule has 0 spiro atoms. The van der Waals surface area contributed by atoms with Crippen molar-refractivity contribution in [3.05, 3.63) is 59.2 Å². The van der Waals surface area contributed by atoms with Crippen LogP contribution in [0.25, 0.3) is 11.3 Å². The number of pyridine rings is 1. The number of nitrogens with zero attached hydrogens (tertiary/aromatic N) is 3. The van der Waals surface area contributed by atoms with Crippen LogP contribution in [0.1, 0.15) is 36.4 Å². The molecule has 10 nitrogen and oxygen atoms in total. The number of carbonyl (C=O) groups is 1. The molecular formula is C26H29N9O. The fourth-order valence-electron chi connectivity index (χ4n) is 3.41.